The van der Waals surface area contributed by atoms with Gasteiger partial charge in [0, 0.05) is 31.5 Å². The maximum absolute atomic E-state index is 5.73. The first-order valence-electron chi connectivity index (χ1n) is 11.7. The summed E-state index contributed by atoms with van der Waals surface area (Å²) in [7, 11) is 1.78. The molecule has 0 saturated heterocycles. The normalized spacial score (nSPS) is 16.1. The molecule has 1 aliphatic rings. The molecule has 0 aliphatic carbocycles. The number of benzene rings is 1. The predicted molar refractivity (Wildman–Crippen MR) is 130 cm³/mol. The molecule has 172 valence electrons. The molecule has 6 heteroatoms. The molecule has 2 aromatic heterocycles. The van der Waals surface area contributed by atoms with Crippen LogP contribution in [0.25, 0.3) is 16.8 Å². The third-order valence-corrected chi connectivity index (χ3v) is 6.62. The number of hydrogen-bond donors (Lipinski definition) is 0. The first kappa shape index (κ1) is 22.7. The van der Waals surface area contributed by atoms with Crippen LogP contribution in [0.3, 0.4) is 0 Å². The zero-order valence-corrected chi connectivity index (χ0v) is 20.6. The highest BCUT2D eigenvalue weighted by molar-refractivity contribution is 5.85. The molecule has 0 radical (unpaired) electrons. The smallest absolute Gasteiger partial charge is 0.165 e. The van der Waals surface area contributed by atoms with Crippen LogP contribution in [0.2, 0.25) is 0 Å². The van der Waals surface area contributed by atoms with Crippen molar-refractivity contribution in [3.63, 3.8) is 0 Å². The van der Waals surface area contributed by atoms with Crippen LogP contribution in [0.5, 0.6) is 0 Å². The van der Waals surface area contributed by atoms with Gasteiger partial charge in [0.05, 0.1) is 30.5 Å². The van der Waals surface area contributed by atoms with Gasteiger partial charge >= 0.3 is 0 Å². The quantitative estimate of drug-likeness (QED) is 0.501. The number of anilines is 1. The van der Waals surface area contributed by atoms with E-state index in [1.54, 1.807) is 7.11 Å². The maximum Gasteiger partial charge on any atom is 0.165 e. The van der Waals surface area contributed by atoms with Crippen LogP contribution in [0, 0.1) is 34.6 Å². The Morgan fingerprint density at radius 3 is 2.41 bits per heavy atom. The molecular weight excluding hydrogens is 400 g/mol. The van der Waals surface area contributed by atoms with E-state index in [0.717, 1.165) is 54.4 Å². The monoisotopic (exact) mass is 436 g/mol. The van der Waals surface area contributed by atoms with Gasteiger partial charge in [-0.05, 0) is 71.1 Å². The van der Waals surface area contributed by atoms with Crippen LogP contribution >= 0.6 is 0 Å². The van der Waals surface area contributed by atoms with E-state index < -0.39 is 0 Å². The lowest BCUT2D eigenvalue weighted by Gasteiger charge is -2.38. The highest BCUT2D eigenvalue weighted by Gasteiger charge is 2.32. The Hall–Kier alpha value is -2.44. The molecule has 32 heavy (non-hydrogen) atoms. The number of rotatable bonds is 7. The van der Waals surface area contributed by atoms with Gasteiger partial charge in [-0.15, -0.1) is 0 Å². The minimum atomic E-state index is 0.300. The lowest BCUT2D eigenvalue weighted by atomic mass is 9.93. The molecule has 4 rings (SSSR count). The molecule has 0 bridgehead atoms. The van der Waals surface area contributed by atoms with E-state index in [1.165, 1.54) is 27.8 Å². The van der Waals surface area contributed by atoms with Crippen molar-refractivity contribution in [3.8, 4) is 11.1 Å². The number of methoxy groups -OCH3 is 1. The lowest BCUT2D eigenvalue weighted by molar-refractivity contribution is 0.140. The molecule has 1 aliphatic heterocycles. The van der Waals surface area contributed by atoms with Crippen LogP contribution < -0.4 is 4.90 Å². The fourth-order valence-electron chi connectivity index (χ4n) is 5.34. The topological polar surface area (TPSA) is 51.9 Å². The summed E-state index contributed by atoms with van der Waals surface area (Å²) in [6, 6.07) is 4.80. The zero-order chi connectivity index (χ0) is 23.0. The molecule has 0 amide bonds. The number of ether oxygens (including phenoxy) is 2. The van der Waals surface area contributed by atoms with E-state index in [4.69, 9.17) is 19.6 Å². The van der Waals surface area contributed by atoms with Crippen molar-refractivity contribution in [3.05, 3.63) is 45.8 Å². The summed E-state index contributed by atoms with van der Waals surface area (Å²) in [4.78, 5) is 7.54. The third-order valence-electron chi connectivity index (χ3n) is 6.62. The van der Waals surface area contributed by atoms with Crippen LogP contribution in [-0.2, 0) is 15.9 Å². The molecule has 0 spiro atoms. The second kappa shape index (κ2) is 9.20. The second-order valence-electron chi connectivity index (χ2n) is 9.01. The molecule has 0 fully saturated rings. The Bertz CT molecular complexity index is 1110. The van der Waals surface area contributed by atoms with Crippen molar-refractivity contribution in [2.45, 2.75) is 60.4 Å². The number of aromatic nitrogens is 3. The van der Waals surface area contributed by atoms with Gasteiger partial charge in [-0.1, -0.05) is 17.7 Å². The van der Waals surface area contributed by atoms with E-state index in [1.807, 2.05) is 6.92 Å². The fourth-order valence-corrected chi connectivity index (χ4v) is 5.34. The Morgan fingerprint density at radius 2 is 1.75 bits per heavy atom. The van der Waals surface area contributed by atoms with Gasteiger partial charge in [-0.25, -0.2) is 4.98 Å². The molecule has 1 aromatic carbocycles. The second-order valence-corrected chi connectivity index (χ2v) is 9.01. The maximum atomic E-state index is 5.73. The SMILES string of the molecule is CCOCCN1c2c(c(C)nc3c(-c4c(C)cc(C)cc4C)c(C)nn23)CCC1COC. The largest absolute Gasteiger partial charge is 0.383 e. The standard InChI is InChI=1S/C26H36N4O2/c1-8-32-12-11-29-21(15-31-7)9-10-22-19(5)27-25-24(20(6)28-30(25)26(22)29)23-17(3)13-16(2)14-18(23)4/h13-14,21H,8-12,15H2,1-7H3. The van der Waals surface area contributed by atoms with E-state index >= 15 is 0 Å². The summed E-state index contributed by atoms with van der Waals surface area (Å²) in [6.07, 6.45) is 2.03. The summed E-state index contributed by atoms with van der Waals surface area (Å²) in [5.41, 5.74) is 10.5. The van der Waals surface area contributed by atoms with E-state index in [-0.39, 0.29) is 0 Å². The molecule has 0 N–H and O–H groups in total. The Labute approximate surface area is 191 Å². The van der Waals surface area contributed by atoms with Crippen molar-refractivity contribution >= 4 is 11.5 Å². The highest BCUT2D eigenvalue weighted by atomic mass is 16.5. The lowest BCUT2D eigenvalue weighted by Crippen LogP contribution is -2.45. The average Bonchev–Trinajstić information content (AvgIpc) is 3.04. The van der Waals surface area contributed by atoms with Gasteiger partial charge in [0.1, 0.15) is 5.82 Å². The number of aryl methyl sites for hydroxylation is 5. The molecule has 6 nitrogen and oxygen atoms in total. The summed E-state index contributed by atoms with van der Waals surface area (Å²) in [5, 5.41) is 5.05. The Kier molecular flexibility index (Phi) is 6.54. The molecular formula is C26H36N4O2. The van der Waals surface area contributed by atoms with Gasteiger partial charge in [-0.3, -0.25) is 0 Å². The fraction of sp³-hybridized carbons (Fsp3) is 0.538. The van der Waals surface area contributed by atoms with Crippen LogP contribution in [0.1, 0.15) is 47.0 Å². The number of hydrogen-bond acceptors (Lipinski definition) is 5. The first-order chi connectivity index (χ1) is 15.4. The van der Waals surface area contributed by atoms with Crippen LogP contribution in [0.4, 0.5) is 5.82 Å². The number of nitrogens with zero attached hydrogens (tertiary/aromatic N) is 4. The van der Waals surface area contributed by atoms with Crippen molar-refractivity contribution in [2.75, 3.05) is 38.4 Å². The van der Waals surface area contributed by atoms with Gasteiger partial charge in [0.25, 0.3) is 0 Å². The molecule has 3 aromatic rings. The van der Waals surface area contributed by atoms with Gasteiger partial charge in [0.15, 0.2) is 5.65 Å². The van der Waals surface area contributed by atoms with Crippen molar-refractivity contribution in [2.24, 2.45) is 0 Å². The van der Waals surface area contributed by atoms with Gasteiger partial charge in [0.2, 0.25) is 0 Å². The Morgan fingerprint density at radius 1 is 1.03 bits per heavy atom. The summed E-state index contributed by atoms with van der Waals surface area (Å²) < 4.78 is 13.4. The summed E-state index contributed by atoms with van der Waals surface area (Å²) in [5.74, 6) is 1.15. The molecule has 1 unspecified atom stereocenters. The summed E-state index contributed by atoms with van der Waals surface area (Å²) in [6.45, 7) is 15.7. The molecule has 1 atom stereocenters. The first-order valence-corrected chi connectivity index (χ1v) is 11.7. The number of fused-ring (bicyclic) bond motifs is 3. The summed E-state index contributed by atoms with van der Waals surface area (Å²) >= 11 is 0. The minimum absolute atomic E-state index is 0.300. The van der Waals surface area contributed by atoms with E-state index in [0.29, 0.717) is 19.3 Å². The van der Waals surface area contributed by atoms with E-state index in [9.17, 15) is 0 Å². The Balaban J connectivity index is 1.95. The third kappa shape index (κ3) is 3.90. The van der Waals surface area contributed by atoms with Crippen molar-refractivity contribution in [1.29, 1.82) is 0 Å². The van der Waals surface area contributed by atoms with Gasteiger partial charge < -0.3 is 14.4 Å². The van der Waals surface area contributed by atoms with Crippen LogP contribution in [-0.4, -0.2) is 54.1 Å². The molecule has 3 heterocycles. The predicted octanol–water partition coefficient (Wildman–Crippen LogP) is 4.74. The zero-order valence-electron chi connectivity index (χ0n) is 20.6. The minimum Gasteiger partial charge on any atom is -0.383 e. The van der Waals surface area contributed by atoms with Gasteiger partial charge in [-0.2, -0.15) is 9.61 Å². The van der Waals surface area contributed by atoms with Crippen molar-refractivity contribution in [1.82, 2.24) is 14.6 Å². The molecule has 0 saturated carbocycles. The average molecular weight is 437 g/mol. The van der Waals surface area contributed by atoms with Crippen LogP contribution in [0.15, 0.2) is 12.1 Å². The van der Waals surface area contributed by atoms with Crippen molar-refractivity contribution < 1.29 is 9.47 Å². The highest BCUT2D eigenvalue weighted by Crippen LogP contribution is 2.38. The van der Waals surface area contributed by atoms with E-state index in [2.05, 4.69) is 56.2 Å².